The lowest BCUT2D eigenvalue weighted by molar-refractivity contribution is -0.384. The number of non-ortho nitro benzene ring substituents is 1. The third-order valence-corrected chi connectivity index (χ3v) is 4.04. The molecule has 1 aliphatic heterocycles. The molecule has 2 heterocycles. The number of carboxylic acids is 1. The molecule has 0 saturated carbocycles. The van der Waals surface area contributed by atoms with Gasteiger partial charge in [-0.2, -0.15) is 5.10 Å². The van der Waals surface area contributed by atoms with Crippen molar-refractivity contribution in [3.05, 3.63) is 52.3 Å². The minimum absolute atomic E-state index is 0.00431. The van der Waals surface area contributed by atoms with E-state index in [9.17, 15) is 24.1 Å². The number of nitro groups is 1. The minimum atomic E-state index is -2.43. The van der Waals surface area contributed by atoms with E-state index in [4.69, 9.17) is 5.11 Å². The second-order valence-corrected chi connectivity index (χ2v) is 5.69. The van der Waals surface area contributed by atoms with Crippen molar-refractivity contribution in [2.75, 3.05) is 13.1 Å². The van der Waals surface area contributed by atoms with Gasteiger partial charge in [-0.05, 0) is 12.1 Å². The number of carbonyl (C=O) groups excluding carboxylic acids is 1. The summed E-state index contributed by atoms with van der Waals surface area (Å²) in [5.74, 6) is -2.10. The van der Waals surface area contributed by atoms with Gasteiger partial charge in [0.15, 0.2) is 0 Å². The molecular weight excluding hydrogens is 335 g/mol. The third-order valence-electron chi connectivity index (χ3n) is 4.04. The van der Waals surface area contributed by atoms with Crippen molar-refractivity contribution in [2.45, 2.75) is 12.1 Å². The maximum absolute atomic E-state index is 14.1. The number of amides is 1. The molecule has 1 aromatic carbocycles. The predicted molar refractivity (Wildman–Crippen MR) is 82.2 cm³/mol. The highest BCUT2D eigenvalue weighted by Gasteiger charge is 2.47. The van der Waals surface area contributed by atoms with Gasteiger partial charge in [0.1, 0.15) is 0 Å². The molecule has 1 saturated heterocycles. The monoisotopic (exact) mass is 348 g/mol. The zero-order valence-corrected chi connectivity index (χ0v) is 12.8. The lowest BCUT2D eigenvalue weighted by Crippen LogP contribution is -2.38. The van der Waals surface area contributed by atoms with Crippen LogP contribution in [0.3, 0.4) is 0 Å². The van der Waals surface area contributed by atoms with E-state index in [1.807, 2.05) is 0 Å². The second-order valence-electron chi connectivity index (χ2n) is 5.69. The summed E-state index contributed by atoms with van der Waals surface area (Å²) in [6.07, 6.45) is 2.43. The van der Waals surface area contributed by atoms with Gasteiger partial charge in [0.2, 0.25) is 5.67 Å². The first-order valence-corrected chi connectivity index (χ1v) is 7.31. The van der Waals surface area contributed by atoms with Gasteiger partial charge in [0.25, 0.3) is 11.6 Å². The molecule has 0 radical (unpaired) electrons. The number of hydrogen-bond acceptors (Lipinski definition) is 5. The number of nitro benzene ring substituents is 1. The standard InChI is InChI=1S/C15H13FN4O5/c16-15(14(22)23)5-6-18(9-15)13(21)10-7-17-19(8-10)11-1-3-12(4-2-11)20(24)25/h1-4,7-8H,5-6,9H2,(H,22,23). The van der Waals surface area contributed by atoms with Gasteiger partial charge in [-0.3, -0.25) is 14.9 Å². The quantitative estimate of drug-likeness (QED) is 0.659. The number of carbonyl (C=O) groups is 2. The summed E-state index contributed by atoms with van der Waals surface area (Å²) < 4.78 is 15.4. The number of aromatic nitrogens is 2. The van der Waals surface area contributed by atoms with E-state index in [0.717, 1.165) is 4.90 Å². The van der Waals surface area contributed by atoms with Crippen molar-refractivity contribution in [3.63, 3.8) is 0 Å². The van der Waals surface area contributed by atoms with Gasteiger partial charge < -0.3 is 10.0 Å². The lowest BCUT2D eigenvalue weighted by atomic mass is 10.1. The largest absolute Gasteiger partial charge is 0.479 e. The summed E-state index contributed by atoms with van der Waals surface area (Å²) in [7, 11) is 0. The number of alkyl halides is 1. The van der Waals surface area contributed by atoms with Crippen LogP contribution in [0.4, 0.5) is 10.1 Å². The molecule has 1 aliphatic rings. The van der Waals surface area contributed by atoms with Crippen LogP contribution >= 0.6 is 0 Å². The van der Waals surface area contributed by atoms with Crippen LogP contribution in [0.1, 0.15) is 16.8 Å². The van der Waals surface area contributed by atoms with Gasteiger partial charge >= 0.3 is 5.97 Å². The molecule has 1 amide bonds. The molecule has 1 unspecified atom stereocenters. The Hall–Kier alpha value is -3.30. The molecule has 2 aromatic rings. The summed E-state index contributed by atoms with van der Waals surface area (Å²) >= 11 is 0. The van der Waals surface area contributed by atoms with Crippen LogP contribution in [-0.4, -0.2) is 55.3 Å². The van der Waals surface area contributed by atoms with Gasteiger partial charge in [0.05, 0.1) is 28.9 Å². The zero-order chi connectivity index (χ0) is 18.2. The maximum atomic E-state index is 14.1. The SMILES string of the molecule is O=C(c1cnn(-c2ccc([N+](=O)[O-])cc2)c1)N1CCC(F)(C(=O)O)C1. The van der Waals surface area contributed by atoms with Gasteiger partial charge in [0, 0.05) is 31.3 Å². The number of carboxylic acid groups (broad SMARTS) is 1. The maximum Gasteiger partial charge on any atom is 0.343 e. The smallest absolute Gasteiger partial charge is 0.343 e. The molecule has 9 nitrogen and oxygen atoms in total. The molecule has 10 heteroatoms. The predicted octanol–water partition coefficient (Wildman–Crippen LogP) is 1.42. The first kappa shape index (κ1) is 16.6. The molecule has 1 atom stereocenters. The van der Waals surface area contributed by atoms with Crippen molar-refractivity contribution in [2.24, 2.45) is 0 Å². The van der Waals surface area contributed by atoms with Gasteiger partial charge in [-0.25, -0.2) is 13.9 Å². The van der Waals surface area contributed by atoms with Crippen LogP contribution in [0.5, 0.6) is 0 Å². The first-order chi connectivity index (χ1) is 11.8. The summed E-state index contributed by atoms with van der Waals surface area (Å²) in [5, 5.41) is 23.5. The van der Waals surface area contributed by atoms with Crippen LogP contribution in [0.25, 0.3) is 5.69 Å². The van der Waals surface area contributed by atoms with Crippen LogP contribution < -0.4 is 0 Å². The van der Waals surface area contributed by atoms with Gasteiger partial charge in [-0.1, -0.05) is 0 Å². The van der Waals surface area contributed by atoms with Crippen LogP contribution in [0.15, 0.2) is 36.7 Å². The van der Waals surface area contributed by atoms with Crippen LogP contribution in [0.2, 0.25) is 0 Å². The third kappa shape index (κ3) is 3.05. The Bertz CT molecular complexity index is 850. The molecule has 1 N–H and O–H groups in total. The normalized spacial score (nSPS) is 19.8. The fraction of sp³-hybridized carbons (Fsp3) is 0.267. The van der Waals surface area contributed by atoms with Crippen molar-refractivity contribution in [3.8, 4) is 5.69 Å². The zero-order valence-electron chi connectivity index (χ0n) is 12.8. The number of nitrogens with zero attached hydrogens (tertiary/aromatic N) is 4. The fourth-order valence-corrected chi connectivity index (χ4v) is 2.60. The Morgan fingerprint density at radius 1 is 1.32 bits per heavy atom. The van der Waals surface area contributed by atoms with E-state index < -0.39 is 29.0 Å². The number of halogens is 1. The Balaban J connectivity index is 1.76. The average molecular weight is 348 g/mol. The fourth-order valence-electron chi connectivity index (χ4n) is 2.60. The summed E-state index contributed by atoms with van der Waals surface area (Å²) in [6, 6.07) is 5.57. The minimum Gasteiger partial charge on any atom is -0.479 e. The first-order valence-electron chi connectivity index (χ1n) is 7.31. The van der Waals surface area contributed by atoms with E-state index in [0.29, 0.717) is 5.69 Å². The Morgan fingerprint density at radius 2 is 2.00 bits per heavy atom. The van der Waals surface area contributed by atoms with Crippen molar-refractivity contribution in [1.29, 1.82) is 0 Å². The Kier molecular flexibility index (Phi) is 3.95. The number of aliphatic carboxylic acids is 1. The Morgan fingerprint density at radius 3 is 2.56 bits per heavy atom. The van der Waals surface area contributed by atoms with Crippen LogP contribution in [-0.2, 0) is 4.79 Å². The molecule has 0 bridgehead atoms. The molecular formula is C15H13FN4O5. The molecule has 25 heavy (non-hydrogen) atoms. The van der Waals surface area contributed by atoms with E-state index in [-0.39, 0.29) is 24.2 Å². The lowest BCUT2D eigenvalue weighted by Gasteiger charge is -2.16. The van der Waals surface area contributed by atoms with E-state index in [1.165, 1.54) is 41.3 Å². The molecule has 0 aliphatic carbocycles. The highest BCUT2D eigenvalue weighted by molar-refractivity contribution is 5.95. The van der Waals surface area contributed by atoms with E-state index >= 15 is 0 Å². The summed E-state index contributed by atoms with van der Waals surface area (Å²) in [5.41, 5.74) is -1.81. The number of likely N-dealkylation sites (tertiary alicyclic amines) is 1. The van der Waals surface area contributed by atoms with E-state index in [1.54, 1.807) is 0 Å². The van der Waals surface area contributed by atoms with Gasteiger partial charge in [-0.15, -0.1) is 0 Å². The number of benzene rings is 1. The highest BCUT2D eigenvalue weighted by Crippen LogP contribution is 2.27. The molecule has 0 spiro atoms. The molecule has 130 valence electrons. The molecule has 1 fully saturated rings. The molecule has 3 rings (SSSR count). The number of hydrogen-bond donors (Lipinski definition) is 1. The van der Waals surface area contributed by atoms with Crippen molar-refractivity contribution < 1.29 is 24.0 Å². The number of rotatable bonds is 4. The highest BCUT2D eigenvalue weighted by atomic mass is 19.1. The summed E-state index contributed by atoms with van der Waals surface area (Å²) in [4.78, 5) is 34.5. The average Bonchev–Trinajstić information content (AvgIpc) is 3.22. The van der Waals surface area contributed by atoms with Crippen molar-refractivity contribution >= 4 is 17.6 Å². The van der Waals surface area contributed by atoms with Crippen molar-refractivity contribution in [1.82, 2.24) is 14.7 Å². The van der Waals surface area contributed by atoms with Crippen LogP contribution in [0, 0.1) is 10.1 Å². The summed E-state index contributed by atoms with van der Waals surface area (Å²) in [6.45, 7) is -0.506. The molecule has 1 aromatic heterocycles. The topological polar surface area (TPSA) is 119 Å². The van der Waals surface area contributed by atoms with E-state index in [2.05, 4.69) is 5.10 Å². The Labute approximate surface area is 140 Å². The second kappa shape index (κ2) is 5.96.